The highest BCUT2D eigenvalue weighted by molar-refractivity contribution is 5.76. The van der Waals surface area contributed by atoms with Crippen LogP contribution in [0.5, 0.6) is 5.75 Å². The molecule has 0 fully saturated rings. The Morgan fingerprint density at radius 3 is 2.75 bits per heavy atom. The van der Waals surface area contributed by atoms with Crippen molar-refractivity contribution < 1.29 is 19.4 Å². The molecular weight excluding hydrogens is 258 g/mol. The molecular formula is C15H23NO4. The fraction of sp³-hybridized carbons (Fsp3) is 0.533. The first-order valence-corrected chi connectivity index (χ1v) is 6.63. The predicted molar refractivity (Wildman–Crippen MR) is 76.9 cm³/mol. The van der Waals surface area contributed by atoms with E-state index in [0.29, 0.717) is 19.4 Å². The summed E-state index contributed by atoms with van der Waals surface area (Å²) in [5.74, 6) is 0.733. The number of aryl methyl sites for hydroxylation is 2. The van der Waals surface area contributed by atoms with E-state index in [2.05, 4.69) is 5.32 Å². The molecule has 0 aromatic heterocycles. The number of benzene rings is 1. The van der Waals surface area contributed by atoms with E-state index in [1.54, 1.807) is 7.11 Å². The first-order valence-electron chi connectivity index (χ1n) is 6.63. The Morgan fingerprint density at radius 1 is 1.40 bits per heavy atom. The lowest BCUT2D eigenvalue weighted by Crippen LogP contribution is -2.40. The third kappa shape index (κ3) is 5.19. The molecule has 0 saturated heterocycles. The lowest BCUT2D eigenvalue weighted by atomic mass is 10.1. The summed E-state index contributed by atoms with van der Waals surface area (Å²) in [7, 11) is 3.17. The van der Waals surface area contributed by atoms with Crippen molar-refractivity contribution in [2.75, 3.05) is 27.4 Å². The number of aliphatic hydroxyl groups is 1. The SMILES string of the molecule is COCC(CO)NC(=O)CCc1ccc(C)c(OC)c1. The van der Waals surface area contributed by atoms with Crippen molar-refractivity contribution in [1.29, 1.82) is 0 Å². The van der Waals surface area contributed by atoms with Crippen LogP contribution >= 0.6 is 0 Å². The molecule has 0 heterocycles. The van der Waals surface area contributed by atoms with E-state index in [1.165, 1.54) is 7.11 Å². The van der Waals surface area contributed by atoms with Gasteiger partial charge in [-0.2, -0.15) is 0 Å². The van der Waals surface area contributed by atoms with Gasteiger partial charge in [0.05, 0.1) is 26.4 Å². The zero-order valence-electron chi connectivity index (χ0n) is 12.3. The number of hydrogen-bond acceptors (Lipinski definition) is 4. The summed E-state index contributed by atoms with van der Waals surface area (Å²) in [4.78, 5) is 11.8. The summed E-state index contributed by atoms with van der Waals surface area (Å²) in [6, 6.07) is 5.57. The van der Waals surface area contributed by atoms with Crippen molar-refractivity contribution in [3.63, 3.8) is 0 Å². The van der Waals surface area contributed by atoms with Gasteiger partial charge in [0, 0.05) is 13.5 Å². The Labute approximate surface area is 119 Å². The fourth-order valence-electron chi connectivity index (χ4n) is 1.92. The van der Waals surface area contributed by atoms with Crippen LogP contribution < -0.4 is 10.1 Å². The molecule has 0 spiro atoms. The second-order valence-electron chi connectivity index (χ2n) is 4.71. The molecule has 1 aromatic rings. The van der Waals surface area contributed by atoms with E-state index in [9.17, 15) is 4.79 Å². The monoisotopic (exact) mass is 281 g/mol. The number of nitrogens with one attached hydrogen (secondary N) is 1. The molecule has 0 radical (unpaired) electrons. The maximum absolute atomic E-state index is 11.8. The van der Waals surface area contributed by atoms with Crippen molar-refractivity contribution in [3.05, 3.63) is 29.3 Å². The van der Waals surface area contributed by atoms with Gasteiger partial charge < -0.3 is 19.9 Å². The highest BCUT2D eigenvalue weighted by Crippen LogP contribution is 2.19. The summed E-state index contributed by atoms with van der Waals surface area (Å²) in [5, 5.41) is 11.8. The van der Waals surface area contributed by atoms with Gasteiger partial charge in [0.25, 0.3) is 0 Å². The Morgan fingerprint density at radius 2 is 2.15 bits per heavy atom. The fourth-order valence-corrected chi connectivity index (χ4v) is 1.92. The maximum atomic E-state index is 11.8. The van der Waals surface area contributed by atoms with Crippen LogP contribution in [-0.4, -0.2) is 44.5 Å². The second kappa shape index (κ2) is 8.55. The number of hydrogen-bond donors (Lipinski definition) is 2. The molecule has 112 valence electrons. The molecule has 1 rings (SSSR count). The molecule has 1 amide bonds. The van der Waals surface area contributed by atoms with Crippen molar-refractivity contribution in [2.45, 2.75) is 25.8 Å². The average Bonchev–Trinajstić information content (AvgIpc) is 2.45. The number of carbonyl (C=O) groups is 1. The lowest BCUT2D eigenvalue weighted by Gasteiger charge is -2.15. The van der Waals surface area contributed by atoms with Gasteiger partial charge in [0.15, 0.2) is 0 Å². The zero-order chi connectivity index (χ0) is 15.0. The molecule has 1 atom stereocenters. The molecule has 5 nitrogen and oxygen atoms in total. The van der Waals surface area contributed by atoms with Crippen molar-refractivity contribution in [1.82, 2.24) is 5.32 Å². The van der Waals surface area contributed by atoms with Gasteiger partial charge in [0.2, 0.25) is 5.91 Å². The molecule has 0 bridgehead atoms. The molecule has 1 unspecified atom stereocenters. The minimum Gasteiger partial charge on any atom is -0.496 e. The summed E-state index contributed by atoms with van der Waals surface area (Å²) in [6.45, 7) is 2.16. The summed E-state index contributed by atoms with van der Waals surface area (Å²) < 4.78 is 10.2. The number of ether oxygens (including phenoxy) is 2. The Kier molecular flexibility index (Phi) is 7.04. The minimum absolute atomic E-state index is 0.0966. The number of methoxy groups -OCH3 is 2. The van der Waals surface area contributed by atoms with Crippen LogP contribution in [0.3, 0.4) is 0 Å². The molecule has 1 aromatic carbocycles. The third-order valence-electron chi connectivity index (χ3n) is 3.07. The van der Waals surface area contributed by atoms with Gasteiger partial charge in [-0.3, -0.25) is 4.79 Å². The number of rotatable bonds is 8. The lowest BCUT2D eigenvalue weighted by molar-refractivity contribution is -0.122. The van der Waals surface area contributed by atoms with Crippen LogP contribution in [0.15, 0.2) is 18.2 Å². The highest BCUT2D eigenvalue weighted by Gasteiger charge is 2.11. The predicted octanol–water partition coefficient (Wildman–Crippen LogP) is 1.06. The standard InChI is InChI=1S/C15H23NO4/c1-11-4-5-12(8-14(11)20-3)6-7-15(18)16-13(9-17)10-19-2/h4-5,8,13,17H,6-7,9-10H2,1-3H3,(H,16,18). The normalized spacial score (nSPS) is 12.0. The highest BCUT2D eigenvalue weighted by atomic mass is 16.5. The van der Waals surface area contributed by atoms with Crippen molar-refractivity contribution in [3.8, 4) is 5.75 Å². The van der Waals surface area contributed by atoms with Crippen LogP contribution in [0.4, 0.5) is 0 Å². The summed E-state index contributed by atoms with van der Waals surface area (Å²) in [5.41, 5.74) is 2.12. The van der Waals surface area contributed by atoms with Gasteiger partial charge in [0.1, 0.15) is 5.75 Å². The van der Waals surface area contributed by atoms with Crippen LogP contribution in [-0.2, 0) is 16.0 Å². The second-order valence-corrected chi connectivity index (χ2v) is 4.71. The Hall–Kier alpha value is -1.59. The van der Waals surface area contributed by atoms with Crippen LogP contribution in [0.1, 0.15) is 17.5 Å². The number of carbonyl (C=O) groups excluding carboxylic acids is 1. The number of amides is 1. The summed E-state index contributed by atoms with van der Waals surface area (Å²) in [6.07, 6.45) is 1.00. The molecule has 5 heteroatoms. The van der Waals surface area contributed by atoms with Gasteiger partial charge in [-0.25, -0.2) is 0 Å². The summed E-state index contributed by atoms with van der Waals surface area (Å²) >= 11 is 0. The van der Waals surface area contributed by atoms with Crippen LogP contribution in [0, 0.1) is 6.92 Å². The van der Waals surface area contributed by atoms with Crippen LogP contribution in [0.2, 0.25) is 0 Å². The Bertz CT molecular complexity index is 434. The Balaban J connectivity index is 2.48. The molecule has 2 N–H and O–H groups in total. The smallest absolute Gasteiger partial charge is 0.220 e. The topological polar surface area (TPSA) is 67.8 Å². The van der Waals surface area contributed by atoms with Gasteiger partial charge in [-0.15, -0.1) is 0 Å². The molecule has 0 aliphatic heterocycles. The van der Waals surface area contributed by atoms with E-state index < -0.39 is 0 Å². The maximum Gasteiger partial charge on any atom is 0.220 e. The van der Waals surface area contributed by atoms with Gasteiger partial charge in [-0.1, -0.05) is 12.1 Å². The molecule has 20 heavy (non-hydrogen) atoms. The van der Waals surface area contributed by atoms with E-state index in [0.717, 1.165) is 16.9 Å². The zero-order valence-corrected chi connectivity index (χ0v) is 12.3. The van der Waals surface area contributed by atoms with E-state index in [1.807, 2.05) is 25.1 Å². The first-order chi connectivity index (χ1) is 9.60. The first kappa shape index (κ1) is 16.5. The van der Waals surface area contributed by atoms with Crippen LogP contribution in [0.25, 0.3) is 0 Å². The minimum atomic E-state index is -0.347. The third-order valence-corrected chi connectivity index (χ3v) is 3.07. The van der Waals surface area contributed by atoms with E-state index in [-0.39, 0.29) is 18.6 Å². The van der Waals surface area contributed by atoms with Crippen molar-refractivity contribution >= 4 is 5.91 Å². The molecule has 0 saturated carbocycles. The van der Waals surface area contributed by atoms with Gasteiger partial charge in [-0.05, 0) is 30.5 Å². The van der Waals surface area contributed by atoms with E-state index >= 15 is 0 Å². The largest absolute Gasteiger partial charge is 0.496 e. The van der Waals surface area contributed by atoms with Crippen molar-refractivity contribution in [2.24, 2.45) is 0 Å². The molecule has 0 aliphatic carbocycles. The quantitative estimate of drug-likeness (QED) is 0.747. The molecule has 0 aliphatic rings. The average molecular weight is 281 g/mol. The van der Waals surface area contributed by atoms with E-state index in [4.69, 9.17) is 14.6 Å². The number of aliphatic hydroxyl groups excluding tert-OH is 1. The van der Waals surface area contributed by atoms with Gasteiger partial charge >= 0.3 is 0 Å².